The van der Waals surface area contributed by atoms with E-state index in [2.05, 4.69) is 74.7 Å². The summed E-state index contributed by atoms with van der Waals surface area (Å²) in [6.07, 6.45) is 58.8. The SMILES string of the molecule is CCCCCCC/C=C/C=C/C=C/CCCCCCCC(=O)OC(/C=C/C/C=C\CCCCCCCC)CC(=O)NC(CO)C(O)CCCCCCCCCCCCCC. The molecule has 1 amide bonds. The van der Waals surface area contributed by atoms with E-state index in [1.165, 1.54) is 135 Å². The molecule has 0 aliphatic carbocycles. The third-order valence-corrected chi connectivity index (χ3v) is 11.4. The van der Waals surface area contributed by atoms with Crippen LogP contribution in [0, 0.1) is 0 Å². The molecule has 348 valence electrons. The number of nitrogens with one attached hydrogen (secondary N) is 1. The molecule has 0 aliphatic rings. The number of rotatable bonds is 45. The number of esters is 1. The van der Waals surface area contributed by atoms with Gasteiger partial charge < -0.3 is 20.3 Å². The summed E-state index contributed by atoms with van der Waals surface area (Å²) in [6, 6.07) is -0.737. The summed E-state index contributed by atoms with van der Waals surface area (Å²) in [4.78, 5) is 26.0. The summed E-state index contributed by atoms with van der Waals surface area (Å²) in [7, 11) is 0. The number of hydrogen-bond donors (Lipinski definition) is 3. The fourth-order valence-electron chi connectivity index (χ4n) is 7.46. The van der Waals surface area contributed by atoms with Crippen molar-refractivity contribution in [3.05, 3.63) is 60.8 Å². The number of hydrogen-bond acceptors (Lipinski definition) is 5. The van der Waals surface area contributed by atoms with Gasteiger partial charge in [0.2, 0.25) is 5.91 Å². The van der Waals surface area contributed by atoms with E-state index in [-0.39, 0.29) is 24.9 Å². The van der Waals surface area contributed by atoms with Crippen LogP contribution in [0.1, 0.15) is 245 Å². The van der Waals surface area contributed by atoms with Gasteiger partial charge in [-0.2, -0.15) is 0 Å². The van der Waals surface area contributed by atoms with Crippen molar-refractivity contribution in [3.8, 4) is 0 Å². The lowest BCUT2D eigenvalue weighted by Gasteiger charge is -2.23. The van der Waals surface area contributed by atoms with Gasteiger partial charge in [-0.15, -0.1) is 0 Å². The Morgan fingerprint density at radius 2 is 0.950 bits per heavy atom. The Labute approximate surface area is 371 Å². The Balaban J connectivity index is 4.64. The van der Waals surface area contributed by atoms with Crippen LogP contribution in [0.3, 0.4) is 0 Å². The first-order chi connectivity index (χ1) is 29.5. The average molecular weight is 840 g/mol. The number of aliphatic hydroxyl groups is 2. The van der Waals surface area contributed by atoms with Gasteiger partial charge >= 0.3 is 5.97 Å². The molecule has 3 unspecified atom stereocenters. The first-order valence-corrected chi connectivity index (χ1v) is 25.6. The van der Waals surface area contributed by atoms with Gasteiger partial charge in [0.1, 0.15) is 6.10 Å². The van der Waals surface area contributed by atoms with E-state index in [9.17, 15) is 19.8 Å². The maximum atomic E-state index is 13.1. The van der Waals surface area contributed by atoms with Crippen LogP contribution < -0.4 is 5.32 Å². The van der Waals surface area contributed by atoms with Crippen LogP contribution in [0.25, 0.3) is 0 Å². The maximum absolute atomic E-state index is 13.1. The molecule has 0 aromatic heterocycles. The number of allylic oxidation sites excluding steroid dienone is 9. The molecule has 3 atom stereocenters. The lowest BCUT2D eigenvalue weighted by atomic mass is 10.0. The summed E-state index contributed by atoms with van der Waals surface area (Å²) in [5.74, 6) is -0.625. The molecule has 0 bridgehead atoms. The summed E-state index contributed by atoms with van der Waals surface area (Å²) in [5.41, 5.74) is 0. The highest BCUT2D eigenvalue weighted by Gasteiger charge is 2.23. The summed E-state index contributed by atoms with van der Waals surface area (Å²) >= 11 is 0. The van der Waals surface area contributed by atoms with Crippen molar-refractivity contribution in [2.24, 2.45) is 0 Å². The molecule has 0 radical (unpaired) electrons. The highest BCUT2D eigenvalue weighted by atomic mass is 16.5. The second-order valence-electron chi connectivity index (χ2n) is 17.3. The zero-order chi connectivity index (χ0) is 43.8. The van der Waals surface area contributed by atoms with E-state index >= 15 is 0 Å². The van der Waals surface area contributed by atoms with Crippen LogP contribution in [0.4, 0.5) is 0 Å². The molecule has 60 heavy (non-hydrogen) atoms. The van der Waals surface area contributed by atoms with Crippen molar-refractivity contribution in [2.75, 3.05) is 6.61 Å². The van der Waals surface area contributed by atoms with Crippen LogP contribution in [0.15, 0.2) is 60.8 Å². The second-order valence-corrected chi connectivity index (χ2v) is 17.3. The molecule has 0 aromatic rings. The van der Waals surface area contributed by atoms with Gasteiger partial charge in [-0.1, -0.05) is 230 Å². The fraction of sp³-hybridized carbons (Fsp3) is 0.778. The first-order valence-electron chi connectivity index (χ1n) is 25.6. The van der Waals surface area contributed by atoms with Crippen molar-refractivity contribution in [1.29, 1.82) is 0 Å². The second kappa shape index (κ2) is 47.6. The molecule has 0 saturated heterocycles. The number of carbonyl (C=O) groups excluding carboxylic acids is 2. The largest absolute Gasteiger partial charge is 0.458 e. The lowest BCUT2D eigenvalue weighted by molar-refractivity contribution is -0.148. The zero-order valence-electron chi connectivity index (χ0n) is 39.6. The Morgan fingerprint density at radius 1 is 0.517 bits per heavy atom. The lowest BCUT2D eigenvalue weighted by Crippen LogP contribution is -2.46. The molecule has 3 N–H and O–H groups in total. The fourth-order valence-corrected chi connectivity index (χ4v) is 7.46. The standard InChI is InChI=1S/C54H97NO5/c1-4-7-10-13-16-19-22-24-25-26-27-28-29-32-35-38-41-44-47-54(59)60-50(45-42-39-36-33-30-21-18-15-12-9-6-3)48-53(58)55-51(49-56)52(57)46-43-40-37-34-31-23-20-17-14-11-8-5-2/h22,24-28,33,36,42,45,50-52,56-57H,4-21,23,29-32,34-35,37-41,43-44,46-49H2,1-3H3,(H,55,58)/b24-22+,26-25+,28-27+,36-33-,45-42+. The van der Waals surface area contributed by atoms with E-state index in [1.54, 1.807) is 0 Å². The number of ether oxygens (including phenoxy) is 1. The molecule has 0 heterocycles. The summed E-state index contributed by atoms with van der Waals surface area (Å²) in [6.45, 7) is 6.42. The minimum Gasteiger partial charge on any atom is -0.458 e. The quantitative estimate of drug-likeness (QED) is 0.0246. The van der Waals surface area contributed by atoms with E-state index in [0.29, 0.717) is 19.3 Å². The van der Waals surface area contributed by atoms with Crippen molar-refractivity contribution >= 4 is 11.9 Å². The van der Waals surface area contributed by atoms with Gasteiger partial charge in [0, 0.05) is 6.42 Å². The minimum absolute atomic E-state index is 0.0380. The number of carbonyl (C=O) groups is 2. The van der Waals surface area contributed by atoms with Crippen molar-refractivity contribution in [3.63, 3.8) is 0 Å². The minimum atomic E-state index is -0.815. The Bertz CT molecular complexity index is 1080. The summed E-state index contributed by atoms with van der Waals surface area (Å²) < 4.78 is 5.81. The van der Waals surface area contributed by atoms with Gasteiger partial charge in [-0.05, 0) is 63.9 Å². The molecule has 0 aromatic carbocycles. The number of amides is 1. The van der Waals surface area contributed by atoms with E-state index in [4.69, 9.17) is 4.74 Å². The van der Waals surface area contributed by atoms with Crippen LogP contribution >= 0.6 is 0 Å². The topological polar surface area (TPSA) is 95.9 Å². The molecule has 0 fully saturated rings. The molecule has 0 rings (SSSR count). The highest BCUT2D eigenvalue weighted by molar-refractivity contribution is 5.78. The molecule has 6 nitrogen and oxygen atoms in total. The van der Waals surface area contributed by atoms with Crippen LogP contribution in [0.2, 0.25) is 0 Å². The first kappa shape index (κ1) is 57.6. The third kappa shape index (κ3) is 42.3. The van der Waals surface area contributed by atoms with Gasteiger partial charge in [0.15, 0.2) is 0 Å². The predicted octanol–water partition coefficient (Wildman–Crippen LogP) is 15.2. The van der Waals surface area contributed by atoms with E-state index < -0.39 is 18.2 Å². The van der Waals surface area contributed by atoms with Crippen LogP contribution in [-0.2, 0) is 14.3 Å². The molecule has 6 heteroatoms. The molecule has 0 spiro atoms. The van der Waals surface area contributed by atoms with Crippen LogP contribution in [-0.4, -0.2) is 46.9 Å². The Morgan fingerprint density at radius 3 is 1.43 bits per heavy atom. The third-order valence-electron chi connectivity index (χ3n) is 11.4. The van der Waals surface area contributed by atoms with Crippen molar-refractivity contribution in [2.45, 2.75) is 264 Å². The maximum Gasteiger partial charge on any atom is 0.306 e. The molecular weight excluding hydrogens is 743 g/mol. The van der Waals surface area contributed by atoms with E-state index in [1.807, 2.05) is 12.2 Å². The van der Waals surface area contributed by atoms with Crippen LogP contribution in [0.5, 0.6) is 0 Å². The van der Waals surface area contributed by atoms with Gasteiger partial charge in [-0.3, -0.25) is 9.59 Å². The smallest absolute Gasteiger partial charge is 0.306 e. The molecule has 0 saturated carbocycles. The Hall–Kier alpha value is -2.44. The normalized spacial score (nSPS) is 13.8. The van der Waals surface area contributed by atoms with Crippen molar-refractivity contribution < 1.29 is 24.5 Å². The highest BCUT2D eigenvalue weighted by Crippen LogP contribution is 2.15. The number of unbranched alkanes of at least 4 members (excludes halogenated alkanes) is 27. The monoisotopic (exact) mass is 840 g/mol. The van der Waals surface area contributed by atoms with E-state index in [0.717, 1.165) is 64.2 Å². The summed E-state index contributed by atoms with van der Waals surface area (Å²) in [5, 5.41) is 23.6. The average Bonchev–Trinajstić information content (AvgIpc) is 3.24. The molecule has 0 aliphatic heterocycles. The number of aliphatic hydroxyl groups excluding tert-OH is 2. The van der Waals surface area contributed by atoms with Crippen molar-refractivity contribution in [1.82, 2.24) is 5.32 Å². The van der Waals surface area contributed by atoms with Gasteiger partial charge in [-0.25, -0.2) is 0 Å². The van der Waals surface area contributed by atoms with Gasteiger partial charge in [0.05, 0.1) is 25.2 Å². The Kier molecular flexibility index (Phi) is 45.7. The molecular formula is C54H97NO5. The zero-order valence-corrected chi connectivity index (χ0v) is 39.6. The van der Waals surface area contributed by atoms with Gasteiger partial charge in [0.25, 0.3) is 0 Å². The predicted molar refractivity (Wildman–Crippen MR) is 259 cm³/mol.